The fourth-order valence-corrected chi connectivity index (χ4v) is 2.85. The van der Waals surface area contributed by atoms with Crippen molar-refractivity contribution < 1.29 is 4.79 Å². The molecule has 1 saturated carbocycles. The minimum atomic E-state index is -0.315. The molecule has 1 aliphatic rings. The first kappa shape index (κ1) is 15.5. The monoisotopic (exact) mass is 254 g/mol. The van der Waals surface area contributed by atoms with E-state index in [4.69, 9.17) is 5.73 Å². The van der Waals surface area contributed by atoms with Crippen LogP contribution in [0.4, 0.5) is 0 Å². The molecular weight excluding hydrogens is 224 g/mol. The molecule has 1 atom stereocenters. The lowest BCUT2D eigenvalue weighted by atomic mass is 10.0. The van der Waals surface area contributed by atoms with Crippen LogP contribution in [-0.4, -0.2) is 29.4 Å². The second kappa shape index (κ2) is 7.13. The summed E-state index contributed by atoms with van der Waals surface area (Å²) in [6.45, 7) is 9.44. The van der Waals surface area contributed by atoms with E-state index >= 15 is 0 Å². The van der Waals surface area contributed by atoms with E-state index in [1.54, 1.807) is 0 Å². The van der Waals surface area contributed by atoms with Gasteiger partial charge in [0.15, 0.2) is 0 Å². The highest BCUT2D eigenvalue weighted by molar-refractivity contribution is 5.82. The van der Waals surface area contributed by atoms with Crippen molar-refractivity contribution in [2.24, 2.45) is 17.6 Å². The van der Waals surface area contributed by atoms with E-state index in [2.05, 4.69) is 32.6 Å². The van der Waals surface area contributed by atoms with Crippen LogP contribution in [0.2, 0.25) is 0 Å². The Morgan fingerprint density at radius 1 is 1.17 bits per heavy atom. The normalized spacial score (nSPS) is 18.6. The minimum Gasteiger partial charge on any atom is -0.338 e. The summed E-state index contributed by atoms with van der Waals surface area (Å²) < 4.78 is 0. The van der Waals surface area contributed by atoms with Gasteiger partial charge in [-0.3, -0.25) is 4.79 Å². The van der Waals surface area contributed by atoms with Gasteiger partial charge in [-0.25, -0.2) is 0 Å². The predicted molar refractivity (Wildman–Crippen MR) is 76.2 cm³/mol. The third-order valence-corrected chi connectivity index (χ3v) is 3.65. The van der Waals surface area contributed by atoms with Crippen LogP contribution in [0.1, 0.15) is 59.8 Å². The summed E-state index contributed by atoms with van der Waals surface area (Å²) >= 11 is 0. The summed E-state index contributed by atoms with van der Waals surface area (Å²) in [5.41, 5.74) is 6.07. The topological polar surface area (TPSA) is 46.3 Å². The molecule has 0 radical (unpaired) electrons. The van der Waals surface area contributed by atoms with Crippen LogP contribution in [0.25, 0.3) is 0 Å². The van der Waals surface area contributed by atoms with Crippen molar-refractivity contribution in [1.29, 1.82) is 0 Å². The summed E-state index contributed by atoms with van der Waals surface area (Å²) in [7, 11) is 0. The summed E-state index contributed by atoms with van der Waals surface area (Å²) in [5, 5.41) is 0. The van der Waals surface area contributed by atoms with E-state index in [1.807, 2.05) is 0 Å². The van der Waals surface area contributed by atoms with Crippen molar-refractivity contribution >= 4 is 5.91 Å². The Bertz CT molecular complexity index is 257. The molecule has 0 bridgehead atoms. The van der Waals surface area contributed by atoms with Gasteiger partial charge in [0.1, 0.15) is 0 Å². The van der Waals surface area contributed by atoms with Crippen molar-refractivity contribution in [2.75, 3.05) is 6.54 Å². The highest BCUT2D eigenvalue weighted by atomic mass is 16.2. The van der Waals surface area contributed by atoms with Gasteiger partial charge in [0, 0.05) is 12.6 Å². The van der Waals surface area contributed by atoms with Gasteiger partial charge in [-0.15, -0.1) is 0 Å². The number of nitrogens with two attached hydrogens (primary N) is 1. The molecule has 0 spiro atoms. The number of carbonyl (C=O) groups is 1. The highest BCUT2D eigenvalue weighted by Crippen LogP contribution is 2.25. The van der Waals surface area contributed by atoms with Crippen molar-refractivity contribution in [3.05, 3.63) is 0 Å². The van der Waals surface area contributed by atoms with Crippen LogP contribution >= 0.6 is 0 Å². The van der Waals surface area contributed by atoms with Gasteiger partial charge < -0.3 is 10.6 Å². The number of rotatable bonds is 6. The molecule has 18 heavy (non-hydrogen) atoms. The maximum atomic E-state index is 12.5. The molecule has 0 unspecified atom stereocenters. The molecule has 1 rings (SSSR count). The Hall–Kier alpha value is -0.570. The molecule has 0 heterocycles. The van der Waals surface area contributed by atoms with E-state index in [1.165, 1.54) is 12.8 Å². The zero-order valence-corrected chi connectivity index (χ0v) is 12.5. The molecule has 0 aliphatic heterocycles. The second-order valence-corrected chi connectivity index (χ2v) is 6.56. The lowest BCUT2D eigenvalue weighted by Crippen LogP contribution is -2.49. The van der Waals surface area contributed by atoms with Gasteiger partial charge in [0.05, 0.1) is 6.04 Å². The molecule has 0 aromatic heterocycles. The fraction of sp³-hybridized carbons (Fsp3) is 0.933. The Labute approximate surface area is 112 Å². The Morgan fingerprint density at radius 3 is 2.17 bits per heavy atom. The lowest BCUT2D eigenvalue weighted by molar-refractivity contribution is -0.135. The largest absolute Gasteiger partial charge is 0.338 e. The van der Waals surface area contributed by atoms with Crippen LogP contribution < -0.4 is 5.73 Å². The van der Waals surface area contributed by atoms with E-state index in [0.29, 0.717) is 17.9 Å². The summed E-state index contributed by atoms with van der Waals surface area (Å²) in [6, 6.07) is 0.127. The molecule has 0 aromatic rings. The van der Waals surface area contributed by atoms with E-state index < -0.39 is 0 Å². The zero-order valence-electron chi connectivity index (χ0n) is 12.5. The molecule has 2 N–H and O–H groups in total. The first-order valence-corrected chi connectivity index (χ1v) is 7.47. The van der Waals surface area contributed by atoms with Crippen LogP contribution in [-0.2, 0) is 4.79 Å². The molecule has 1 aliphatic carbocycles. The molecule has 1 amide bonds. The quantitative estimate of drug-likeness (QED) is 0.792. The van der Waals surface area contributed by atoms with Gasteiger partial charge in [-0.2, -0.15) is 0 Å². The third kappa shape index (κ3) is 4.60. The fourth-order valence-electron chi connectivity index (χ4n) is 2.85. The molecule has 0 saturated heterocycles. The Morgan fingerprint density at radius 2 is 1.72 bits per heavy atom. The smallest absolute Gasteiger partial charge is 0.239 e. The first-order valence-electron chi connectivity index (χ1n) is 7.47. The summed E-state index contributed by atoms with van der Waals surface area (Å²) in [4.78, 5) is 14.6. The second-order valence-electron chi connectivity index (χ2n) is 6.56. The number of nitrogens with zero attached hydrogens (tertiary/aromatic N) is 1. The van der Waals surface area contributed by atoms with Crippen molar-refractivity contribution in [3.8, 4) is 0 Å². The lowest BCUT2D eigenvalue weighted by Gasteiger charge is -2.33. The average Bonchev–Trinajstić information content (AvgIpc) is 2.76. The third-order valence-electron chi connectivity index (χ3n) is 3.65. The SMILES string of the molecule is CC(C)C[C@@H](N)C(=O)N(CC(C)C)C1CCCC1. The van der Waals surface area contributed by atoms with Gasteiger partial charge in [-0.1, -0.05) is 40.5 Å². The number of hydrogen-bond donors (Lipinski definition) is 1. The predicted octanol–water partition coefficient (Wildman–Crippen LogP) is 2.79. The van der Waals surface area contributed by atoms with E-state index in [0.717, 1.165) is 25.8 Å². The van der Waals surface area contributed by atoms with E-state index in [9.17, 15) is 4.79 Å². The molecular formula is C15H30N2O. The molecule has 3 heteroatoms. The van der Waals surface area contributed by atoms with Gasteiger partial charge in [-0.05, 0) is 31.1 Å². The Kier molecular flexibility index (Phi) is 6.13. The van der Waals surface area contributed by atoms with Crippen molar-refractivity contribution in [3.63, 3.8) is 0 Å². The average molecular weight is 254 g/mol. The van der Waals surface area contributed by atoms with Crippen molar-refractivity contribution in [2.45, 2.75) is 71.9 Å². The number of hydrogen-bond acceptors (Lipinski definition) is 2. The maximum absolute atomic E-state index is 12.5. The van der Waals surface area contributed by atoms with Crippen LogP contribution in [0.5, 0.6) is 0 Å². The van der Waals surface area contributed by atoms with Crippen LogP contribution in [0, 0.1) is 11.8 Å². The summed E-state index contributed by atoms with van der Waals surface area (Å²) in [6.07, 6.45) is 5.62. The molecule has 1 fully saturated rings. The number of amides is 1. The van der Waals surface area contributed by atoms with Crippen LogP contribution in [0.3, 0.4) is 0 Å². The highest BCUT2D eigenvalue weighted by Gasteiger charge is 2.30. The van der Waals surface area contributed by atoms with Crippen molar-refractivity contribution in [1.82, 2.24) is 4.90 Å². The van der Waals surface area contributed by atoms with E-state index in [-0.39, 0.29) is 11.9 Å². The minimum absolute atomic E-state index is 0.171. The molecule has 3 nitrogen and oxygen atoms in total. The summed E-state index contributed by atoms with van der Waals surface area (Å²) in [5.74, 6) is 1.17. The zero-order chi connectivity index (χ0) is 13.7. The van der Waals surface area contributed by atoms with Crippen LogP contribution in [0.15, 0.2) is 0 Å². The van der Waals surface area contributed by atoms with Gasteiger partial charge in [0.25, 0.3) is 0 Å². The van der Waals surface area contributed by atoms with Gasteiger partial charge >= 0.3 is 0 Å². The molecule has 0 aromatic carbocycles. The standard InChI is InChI=1S/C15H30N2O/c1-11(2)9-14(16)15(18)17(10-12(3)4)13-7-5-6-8-13/h11-14H,5-10,16H2,1-4H3/t14-/m1/s1. The first-order chi connectivity index (χ1) is 8.41. The number of carbonyl (C=O) groups excluding carboxylic acids is 1. The van der Waals surface area contributed by atoms with Gasteiger partial charge in [0.2, 0.25) is 5.91 Å². The molecule has 106 valence electrons. The maximum Gasteiger partial charge on any atom is 0.239 e. The Balaban J connectivity index is 2.65.